The van der Waals surface area contributed by atoms with Gasteiger partial charge in [-0.1, -0.05) is 87.2 Å². The van der Waals surface area contributed by atoms with Crippen LogP contribution in [0.4, 0.5) is 0 Å². The molecule has 2 unspecified atom stereocenters. The van der Waals surface area contributed by atoms with Gasteiger partial charge in [-0.3, -0.25) is 14.4 Å². The van der Waals surface area contributed by atoms with Crippen LogP contribution in [0.3, 0.4) is 0 Å². The number of ether oxygens (including phenoxy) is 2. The summed E-state index contributed by atoms with van der Waals surface area (Å²) in [5, 5.41) is 10.4. The lowest BCUT2D eigenvalue weighted by atomic mass is 9.84. The molecule has 44 heavy (non-hydrogen) atoms. The topological polar surface area (TPSA) is 138 Å². The molecule has 2 saturated carbocycles. The Morgan fingerprint density at radius 2 is 1.64 bits per heavy atom. The lowest BCUT2D eigenvalue weighted by molar-refractivity contribution is -0.124. The molecule has 2 fully saturated rings. The average molecular weight is 604 g/mol. The third kappa shape index (κ3) is 8.45. The van der Waals surface area contributed by atoms with Crippen LogP contribution in [0.2, 0.25) is 0 Å². The highest BCUT2D eigenvalue weighted by atomic mass is 16.5. The zero-order valence-corrected chi connectivity index (χ0v) is 25.6. The van der Waals surface area contributed by atoms with Gasteiger partial charge in [0, 0.05) is 11.5 Å². The van der Waals surface area contributed by atoms with Crippen molar-refractivity contribution >= 4 is 17.7 Å². The number of benzene rings is 1. The van der Waals surface area contributed by atoms with Crippen LogP contribution >= 0.6 is 0 Å². The zero-order chi connectivity index (χ0) is 30.9. The maximum absolute atomic E-state index is 13.6. The lowest BCUT2D eigenvalue weighted by Gasteiger charge is -2.35. The third-order valence-electron chi connectivity index (χ3n) is 8.89. The second-order valence-electron chi connectivity index (χ2n) is 12.6. The van der Waals surface area contributed by atoms with Gasteiger partial charge in [0.2, 0.25) is 5.91 Å². The summed E-state index contributed by atoms with van der Waals surface area (Å²) >= 11 is 0. The Morgan fingerprint density at radius 1 is 0.955 bits per heavy atom. The Kier molecular flexibility index (Phi) is 10.7. The van der Waals surface area contributed by atoms with E-state index in [1.807, 2.05) is 42.5 Å². The second kappa shape index (κ2) is 14.8. The summed E-state index contributed by atoms with van der Waals surface area (Å²) < 4.78 is 13.9. The minimum Gasteiger partial charge on any atom is -0.375 e. The van der Waals surface area contributed by atoms with Gasteiger partial charge in [-0.15, -0.1) is 0 Å². The van der Waals surface area contributed by atoms with E-state index in [2.05, 4.69) is 34.8 Å². The van der Waals surface area contributed by atoms with Gasteiger partial charge in [-0.2, -0.15) is 5.10 Å². The number of amides is 3. The van der Waals surface area contributed by atoms with Gasteiger partial charge in [-0.25, -0.2) is 4.68 Å². The molecule has 10 nitrogen and oxygen atoms in total. The summed E-state index contributed by atoms with van der Waals surface area (Å²) in [5.74, 6) is -1.48. The minimum atomic E-state index is -0.762. The quantitative estimate of drug-likeness (QED) is 0.333. The number of hydrogen-bond donors (Lipinski definition) is 3. The number of carbonyl (C=O) groups is 3. The monoisotopic (exact) mass is 603 g/mol. The number of nitrogens with one attached hydrogen (secondary N) is 2. The summed E-state index contributed by atoms with van der Waals surface area (Å²) in [5.41, 5.74) is 6.57. The van der Waals surface area contributed by atoms with Crippen molar-refractivity contribution < 1.29 is 23.9 Å². The van der Waals surface area contributed by atoms with E-state index in [-0.39, 0.29) is 53.5 Å². The molecule has 0 bridgehead atoms. The van der Waals surface area contributed by atoms with Crippen LogP contribution < -0.4 is 16.4 Å². The molecule has 0 saturated heterocycles. The molecule has 1 aromatic heterocycles. The van der Waals surface area contributed by atoms with E-state index in [1.165, 1.54) is 10.7 Å². The Balaban J connectivity index is 1.21. The molecular formula is C34H45N5O5. The van der Waals surface area contributed by atoms with Gasteiger partial charge in [0.25, 0.3) is 11.8 Å². The van der Waals surface area contributed by atoms with Gasteiger partial charge in [0.1, 0.15) is 12.2 Å². The van der Waals surface area contributed by atoms with Crippen molar-refractivity contribution in [2.45, 2.75) is 102 Å². The number of nitrogens with zero attached hydrogens (tertiary/aromatic N) is 2. The number of nitrogens with two attached hydrogens (primary N) is 1. The van der Waals surface area contributed by atoms with Gasteiger partial charge in [0.15, 0.2) is 5.69 Å². The van der Waals surface area contributed by atoms with Gasteiger partial charge in [0.05, 0.1) is 37.5 Å². The van der Waals surface area contributed by atoms with Crippen LogP contribution in [0.5, 0.6) is 0 Å². The Morgan fingerprint density at radius 3 is 2.32 bits per heavy atom. The fourth-order valence-corrected chi connectivity index (χ4v) is 6.35. The maximum Gasteiger partial charge on any atom is 0.269 e. The Bertz CT molecular complexity index is 1360. The van der Waals surface area contributed by atoms with Crippen LogP contribution in [0.1, 0.15) is 91.3 Å². The SMILES string of the molecule is CC1(CO[C@H]2CCCCC2NC(=O)c2cc(C(N)=O)nn2CC(=O)N[C@H]2CCCC[C@@H]2OCc2ccccc2)C=CC=CC1. The molecule has 3 amide bonds. The second-order valence-corrected chi connectivity index (χ2v) is 12.6. The number of hydrogen-bond acceptors (Lipinski definition) is 6. The van der Waals surface area contributed by atoms with E-state index in [4.69, 9.17) is 15.2 Å². The summed E-state index contributed by atoms with van der Waals surface area (Å²) in [4.78, 5) is 38.8. The smallest absolute Gasteiger partial charge is 0.269 e. The van der Waals surface area contributed by atoms with Crippen molar-refractivity contribution in [3.05, 3.63) is 77.7 Å². The predicted octanol–water partition coefficient (Wildman–Crippen LogP) is 4.21. The van der Waals surface area contributed by atoms with E-state index in [1.54, 1.807) is 0 Å². The number of rotatable bonds is 12. The van der Waals surface area contributed by atoms with Crippen LogP contribution in [-0.4, -0.2) is 58.4 Å². The van der Waals surface area contributed by atoms with E-state index >= 15 is 0 Å². The van der Waals surface area contributed by atoms with E-state index in [0.29, 0.717) is 13.2 Å². The van der Waals surface area contributed by atoms with E-state index in [0.717, 1.165) is 63.4 Å². The molecule has 3 aliphatic carbocycles. The highest BCUT2D eigenvalue weighted by molar-refractivity contribution is 5.97. The van der Waals surface area contributed by atoms with E-state index < -0.39 is 11.8 Å². The van der Waals surface area contributed by atoms with Crippen LogP contribution in [0, 0.1) is 5.41 Å². The first-order chi connectivity index (χ1) is 21.3. The van der Waals surface area contributed by atoms with Crippen LogP contribution in [0.15, 0.2) is 60.7 Å². The molecule has 0 aliphatic heterocycles. The molecule has 2 aromatic rings. The van der Waals surface area contributed by atoms with Gasteiger partial charge in [-0.05, 0) is 37.7 Å². The summed E-state index contributed by atoms with van der Waals surface area (Å²) in [6, 6.07) is 11.0. The molecule has 5 rings (SSSR count). The first-order valence-electron chi connectivity index (χ1n) is 15.9. The molecule has 4 N–H and O–H groups in total. The van der Waals surface area contributed by atoms with Crippen molar-refractivity contribution in [3.63, 3.8) is 0 Å². The summed E-state index contributed by atoms with van der Waals surface area (Å²) in [7, 11) is 0. The minimum absolute atomic E-state index is 0.0637. The highest BCUT2D eigenvalue weighted by Gasteiger charge is 2.32. The molecule has 5 atom stereocenters. The Labute approximate surface area is 259 Å². The van der Waals surface area contributed by atoms with Crippen molar-refractivity contribution in [3.8, 4) is 0 Å². The van der Waals surface area contributed by atoms with Crippen LogP contribution in [0.25, 0.3) is 0 Å². The summed E-state index contributed by atoms with van der Waals surface area (Å²) in [6.07, 6.45) is 16.4. The first kappa shape index (κ1) is 31.7. The normalized spacial score (nSPS) is 26.7. The third-order valence-corrected chi connectivity index (χ3v) is 8.89. The lowest BCUT2D eigenvalue weighted by Crippen LogP contribution is -2.48. The molecule has 10 heteroatoms. The number of allylic oxidation sites excluding steroid dienone is 3. The molecule has 0 radical (unpaired) electrons. The molecule has 3 aliphatic rings. The first-order valence-corrected chi connectivity index (χ1v) is 15.9. The van der Waals surface area contributed by atoms with Crippen LogP contribution in [-0.2, 0) is 27.4 Å². The molecular weight excluding hydrogens is 558 g/mol. The fraction of sp³-hybridized carbons (Fsp3) is 0.529. The standard InChI is InChI=1S/C34H45N5O5/c1-34(18-10-3-11-19-34)23-44-30-17-9-7-15-26(30)37-33(42)28-20-27(32(35)41)38-39(28)21-31(40)36-25-14-6-8-16-29(25)43-22-24-12-4-2-5-13-24/h2-5,10-13,18,20,25-26,29-30H,6-9,14-17,19,21-23H2,1H3,(H2,35,41)(H,36,40)(H,37,42)/t25-,26?,29-,30-,34?/m0/s1. The van der Waals surface area contributed by atoms with Crippen molar-refractivity contribution in [1.82, 2.24) is 20.4 Å². The maximum atomic E-state index is 13.6. The molecule has 1 heterocycles. The number of aromatic nitrogens is 2. The Hall–Kier alpha value is -3.76. The average Bonchev–Trinajstić information content (AvgIpc) is 3.45. The molecule has 1 aromatic carbocycles. The predicted molar refractivity (Wildman–Crippen MR) is 167 cm³/mol. The van der Waals surface area contributed by atoms with Crippen molar-refractivity contribution in [2.24, 2.45) is 11.1 Å². The van der Waals surface area contributed by atoms with Gasteiger partial charge >= 0.3 is 0 Å². The highest BCUT2D eigenvalue weighted by Crippen LogP contribution is 2.30. The molecule has 0 spiro atoms. The zero-order valence-electron chi connectivity index (χ0n) is 25.6. The van der Waals surface area contributed by atoms with Gasteiger partial charge < -0.3 is 25.8 Å². The number of carbonyl (C=O) groups excluding carboxylic acids is 3. The largest absolute Gasteiger partial charge is 0.375 e. The fourth-order valence-electron chi connectivity index (χ4n) is 6.35. The van der Waals surface area contributed by atoms with E-state index in [9.17, 15) is 14.4 Å². The van der Waals surface area contributed by atoms with Crippen molar-refractivity contribution in [2.75, 3.05) is 6.61 Å². The van der Waals surface area contributed by atoms with Crippen molar-refractivity contribution in [1.29, 1.82) is 0 Å². The summed E-state index contributed by atoms with van der Waals surface area (Å²) in [6.45, 7) is 2.98. The number of primary amides is 1. The molecule has 236 valence electrons.